The molecule has 0 radical (unpaired) electrons. The van der Waals surface area contributed by atoms with E-state index in [0.29, 0.717) is 13.1 Å². The monoisotopic (exact) mass is 306 g/mol. The van der Waals surface area contributed by atoms with Crippen LogP contribution in [-0.2, 0) is 10.0 Å². The van der Waals surface area contributed by atoms with E-state index in [2.05, 4.69) is 5.32 Å². The van der Waals surface area contributed by atoms with Gasteiger partial charge < -0.3 is 5.32 Å². The summed E-state index contributed by atoms with van der Waals surface area (Å²) in [7, 11) is -2.00. The molecule has 1 aliphatic heterocycles. The van der Waals surface area contributed by atoms with Crippen LogP contribution in [0.15, 0.2) is 23.1 Å². The van der Waals surface area contributed by atoms with Crippen molar-refractivity contribution in [2.45, 2.75) is 23.8 Å². The average Bonchev–Trinajstić information content (AvgIpc) is 2.38. The third-order valence-corrected chi connectivity index (χ3v) is 5.44. The Morgan fingerprint density at radius 1 is 1.47 bits per heavy atom. The molecular formula is C12H16ClFN2O2S. The van der Waals surface area contributed by atoms with E-state index in [1.54, 1.807) is 7.05 Å². The molecule has 0 aromatic heterocycles. The molecule has 4 nitrogen and oxygen atoms in total. The molecule has 0 saturated carbocycles. The number of sulfonamides is 1. The third-order valence-electron chi connectivity index (χ3n) is 3.30. The largest absolute Gasteiger partial charge is 0.316 e. The molecule has 0 spiro atoms. The van der Waals surface area contributed by atoms with Gasteiger partial charge in [-0.25, -0.2) is 12.8 Å². The first-order valence-electron chi connectivity index (χ1n) is 6.07. The lowest BCUT2D eigenvalue weighted by Gasteiger charge is -2.31. The van der Waals surface area contributed by atoms with Crippen molar-refractivity contribution in [2.75, 3.05) is 20.1 Å². The van der Waals surface area contributed by atoms with Crippen LogP contribution in [0.5, 0.6) is 0 Å². The highest BCUT2D eigenvalue weighted by Crippen LogP contribution is 2.24. The summed E-state index contributed by atoms with van der Waals surface area (Å²) in [5.74, 6) is -0.806. The van der Waals surface area contributed by atoms with Crippen molar-refractivity contribution >= 4 is 21.6 Å². The van der Waals surface area contributed by atoms with Gasteiger partial charge in [-0.3, -0.25) is 0 Å². The van der Waals surface area contributed by atoms with Gasteiger partial charge in [-0.05, 0) is 38.1 Å². The Bertz CT molecular complexity index is 565. The summed E-state index contributed by atoms with van der Waals surface area (Å²) in [4.78, 5) is -0.311. The Hall–Kier alpha value is -0.690. The first kappa shape index (κ1) is 14.7. The van der Waals surface area contributed by atoms with Crippen molar-refractivity contribution in [3.05, 3.63) is 29.0 Å². The number of benzene rings is 1. The maximum Gasteiger partial charge on any atom is 0.246 e. The van der Waals surface area contributed by atoms with Gasteiger partial charge in [0, 0.05) is 24.2 Å². The van der Waals surface area contributed by atoms with Crippen molar-refractivity contribution in [1.82, 2.24) is 9.62 Å². The molecule has 0 amide bonds. The van der Waals surface area contributed by atoms with Gasteiger partial charge in [-0.1, -0.05) is 11.6 Å². The fourth-order valence-electron chi connectivity index (χ4n) is 2.22. The first-order valence-corrected chi connectivity index (χ1v) is 7.89. The van der Waals surface area contributed by atoms with Gasteiger partial charge in [-0.2, -0.15) is 4.31 Å². The maximum absolute atomic E-state index is 13.8. The lowest BCUT2D eigenvalue weighted by molar-refractivity contribution is 0.292. The Morgan fingerprint density at radius 2 is 2.21 bits per heavy atom. The average molecular weight is 307 g/mol. The number of hydrogen-bond acceptors (Lipinski definition) is 3. The van der Waals surface area contributed by atoms with E-state index in [0.717, 1.165) is 18.9 Å². The number of likely N-dealkylation sites (N-methyl/N-ethyl adjacent to an activating group) is 1. The fraction of sp³-hybridized carbons (Fsp3) is 0.500. The van der Waals surface area contributed by atoms with Crippen LogP contribution < -0.4 is 5.32 Å². The predicted molar refractivity (Wildman–Crippen MR) is 72.3 cm³/mol. The zero-order valence-electron chi connectivity index (χ0n) is 10.6. The zero-order chi connectivity index (χ0) is 14.0. The molecule has 1 aliphatic rings. The molecule has 0 unspecified atom stereocenters. The van der Waals surface area contributed by atoms with Gasteiger partial charge in [0.15, 0.2) is 0 Å². The topological polar surface area (TPSA) is 49.4 Å². The van der Waals surface area contributed by atoms with Crippen molar-refractivity contribution in [3.8, 4) is 0 Å². The Kier molecular flexibility index (Phi) is 4.45. The SMILES string of the molecule is CN[C@@H]1CCCN(S(=O)(=O)c2ccc(Cl)cc2F)C1. The number of nitrogens with zero attached hydrogens (tertiary/aromatic N) is 1. The van der Waals surface area contributed by atoms with E-state index in [1.807, 2.05) is 0 Å². The van der Waals surface area contributed by atoms with Gasteiger partial charge >= 0.3 is 0 Å². The Balaban J connectivity index is 2.31. The molecule has 0 aliphatic carbocycles. The highest BCUT2D eigenvalue weighted by molar-refractivity contribution is 7.89. The number of nitrogens with one attached hydrogen (secondary N) is 1. The van der Waals surface area contributed by atoms with E-state index < -0.39 is 15.8 Å². The lowest BCUT2D eigenvalue weighted by Crippen LogP contribution is -2.47. The molecule has 1 aromatic rings. The van der Waals surface area contributed by atoms with Crippen LogP contribution in [-0.4, -0.2) is 38.9 Å². The summed E-state index contributed by atoms with van der Waals surface area (Å²) in [5, 5.41) is 3.24. The van der Waals surface area contributed by atoms with Gasteiger partial charge in [0.05, 0.1) is 0 Å². The molecular weight excluding hydrogens is 291 g/mol. The number of piperidine rings is 1. The normalized spacial score (nSPS) is 21.5. The van der Waals surface area contributed by atoms with E-state index in [4.69, 9.17) is 11.6 Å². The summed E-state index contributed by atoms with van der Waals surface area (Å²) < 4.78 is 39.9. The summed E-state index contributed by atoms with van der Waals surface area (Å²) in [6, 6.07) is 3.74. The molecule has 106 valence electrons. The van der Waals surface area contributed by atoms with Crippen LogP contribution in [0.3, 0.4) is 0 Å². The molecule has 7 heteroatoms. The number of rotatable bonds is 3. The number of halogens is 2. The molecule has 2 rings (SSSR count). The standard InChI is InChI=1S/C12H16ClFN2O2S/c1-15-10-3-2-6-16(8-10)19(17,18)12-5-4-9(13)7-11(12)14/h4-5,7,10,15H,2-3,6,8H2,1H3/t10-/m1/s1. The van der Waals surface area contributed by atoms with Gasteiger partial charge in [-0.15, -0.1) is 0 Å². The van der Waals surface area contributed by atoms with E-state index in [9.17, 15) is 12.8 Å². The van der Waals surface area contributed by atoms with E-state index >= 15 is 0 Å². The van der Waals surface area contributed by atoms with Crippen LogP contribution in [0, 0.1) is 5.82 Å². The molecule has 1 heterocycles. The molecule has 1 aromatic carbocycles. The molecule has 1 saturated heterocycles. The second-order valence-corrected chi connectivity index (χ2v) is 6.91. The van der Waals surface area contributed by atoms with Crippen molar-refractivity contribution in [2.24, 2.45) is 0 Å². The molecule has 0 bridgehead atoms. The Labute approximate surface area is 117 Å². The van der Waals surface area contributed by atoms with Crippen LogP contribution >= 0.6 is 11.6 Å². The second-order valence-electron chi connectivity index (χ2n) is 4.57. The number of hydrogen-bond donors (Lipinski definition) is 1. The van der Waals surface area contributed by atoms with Crippen LogP contribution in [0.1, 0.15) is 12.8 Å². The third kappa shape index (κ3) is 3.08. The zero-order valence-corrected chi connectivity index (χ0v) is 12.1. The second kappa shape index (κ2) is 5.75. The minimum atomic E-state index is -3.79. The predicted octanol–water partition coefficient (Wildman–Crippen LogP) is 1.85. The van der Waals surface area contributed by atoms with Crippen LogP contribution in [0.2, 0.25) is 5.02 Å². The molecule has 1 atom stereocenters. The quantitative estimate of drug-likeness (QED) is 0.927. The smallest absolute Gasteiger partial charge is 0.246 e. The Morgan fingerprint density at radius 3 is 2.84 bits per heavy atom. The lowest BCUT2D eigenvalue weighted by atomic mass is 10.1. The minimum absolute atomic E-state index is 0.110. The van der Waals surface area contributed by atoms with Crippen molar-refractivity contribution in [3.63, 3.8) is 0 Å². The molecule has 1 N–H and O–H groups in total. The van der Waals surface area contributed by atoms with E-state index in [-0.39, 0.29) is 16.0 Å². The van der Waals surface area contributed by atoms with Gasteiger partial charge in [0.25, 0.3) is 0 Å². The highest BCUT2D eigenvalue weighted by atomic mass is 35.5. The minimum Gasteiger partial charge on any atom is -0.316 e. The summed E-state index contributed by atoms with van der Waals surface area (Å²) in [6.07, 6.45) is 1.69. The summed E-state index contributed by atoms with van der Waals surface area (Å²) in [5.41, 5.74) is 0. The van der Waals surface area contributed by atoms with Crippen LogP contribution in [0.4, 0.5) is 4.39 Å². The fourth-order valence-corrected chi connectivity index (χ4v) is 3.95. The highest BCUT2D eigenvalue weighted by Gasteiger charge is 2.31. The first-order chi connectivity index (χ1) is 8.95. The molecule has 1 fully saturated rings. The summed E-state index contributed by atoms with van der Waals surface area (Å²) in [6.45, 7) is 0.781. The maximum atomic E-state index is 13.8. The molecule has 19 heavy (non-hydrogen) atoms. The van der Waals surface area contributed by atoms with E-state index in [1.165, 1.54) is 16.4 Å². The van der Waals surface area contributed by atoms with Gasteiger partial charge in [0.1, 0.15) is 10.7 Å². The van der Waals surface area contributed by atoms with Crippen LogP contribution in [0.25, 0.3) is 0 Å². The van der Waals surface area contributed by atoms with Gasteiger partial charge in [0.2, 0.25) is 10.0 Å². The summed E-state index contributed by atoms with van der Waals surface area (Å²) >= 11 is 5.64. The van der Waals surface area contributed by atoms with Crippen molar-refractivity contribution in [1.29, 1.82) is 0 Å². The van der Waals surface area contributed by atoms with Crippen molar-refractivity contribution < 1.29 is 12.8 Å².